The maximum atomic E-state index is 5.54. The topological polar surface area (TPSA) is 30.7 Å². The van der Waals surface area contributed by atoms with Crippen LogP contribution in [0.1, 0.15) is 0 Å². The van der Waals surface area contributed by atoms with Crippen LogP contribution in [0.5, 0.6) is 0 Å². The third-order valence-electron chi connectivity index (χ3n) is 10.1. The average Bonchev–Trinajstić information content (AvgIpc) is 3.85. The van der Waals surface area contributed by atoms with Crippen LogP contribution in [0.3, 0.4) is 0 Å². The molecule has 0 saturated carbocycles. The molecule has 4 aromatic heterocycles. The zero-order valence-electron chi connectivity index (χ0n) is 26.8. The van der Waals surface area contributed by atoms with Gasteiger partial charge in [-0.3, -0.25) is 4.57 Å². The molecule has 0 radical (unpaired) electrons. The minimum Gasteiger partial charge on any atom is -0.293 e. The monoisotopic (exact) mass is 721 g/mol. The van der Waals surface area contributed by atoms with E-state index in [2.05, 4.69) is 144 Å². The van der Waals surface area contributed by atoms with E-state index in [1.807, 2.05) is 34.9 Å². The molecule has 1 aliphatic heterocycles. The van der Waals surface area contributed by atoms with Crippen molar-refractivity contribution in [1.29, 1.82) is 0 Å². The lowest BCUT2D eigenvalue weighted by atomic mass is 10.0. The molecule has 0 spiro atoms. The first-order valence-corrected chi connectivity index (χ1v) is 20.1. The Kier molecular flexibility index (Phi) is 5.96. The molecule has 11 aromatic rings. The molecule has 238 valence electrons. The van der Waals surface area contributed by atoms with Gasteiger partial charge in [-0.25, -0.2) is 9.97 Å². The van der Waals surface area contributed by atoms with Gasteiger partial charge >= 0.3 is 0 Å². The highest BCUT2D eigenvalue weighted by Gasteiger charge is 2.23. The van der Waals surface area contributed by atoms with Gasteiger partial charge in [0, 0.05) is 66.2 Å². The summed E-state index contributed by atoms with van der Waals surface area (Å²) in [5.41, 5.74) is 3.32. The molecule has 0 atom stereocenters. The Morgan fingerprint density at radius 2 is 1.12 bits per heavy atom. The van der Waals surface area contributed by atoms with Crippen molar-refractivity contribution in [1.82, 2.24) is 14.5 Å². The van der Waals surface area contributed by atoms with Crippen LogP contribution in [0.25, 0.3) is 90.3 Å². The Hall–Kier alpha value is -5.18. The summed E-state index contributed by atoms with van der Waals surface area (Å²) < 4.78 is 6.26. The van der Waals surface area contributed by atoms with Crippen molar-refractivity contribution in [3.05, 3.63) is 140 Å². The molecule has 0 bridgehead atoms. The summed E-state index contributed by atoms with van der Waals surface area (Å²) in [5.74, 6) is 1.67. The molecule has 7 aromatic carbocycles. The Labute approximate surface area is 308 Å². The van der Waals surface area contributed by atoms with E-state index in [1.165, 1.54) is 71.4 Å². The molecule has 0 amide bonds. The average molecular weight is 722 g/mol. The quantitative estimate of drug-likeness (QED) is 0.178. The molecule has 51 heavy (non-hydrogen) atoms. The van der Waals surface area contributed by atoms with Gasteiger partial charge in [0.05, 0.1) is 16.4 Å². The van der Waals surface area contributed by atoms with Crippen LogP contribution in [-0.4, -0.2) is 14.5 Å². The lowest BCUT2D eigenvalue weighted by molar-refractivity contribution is 1.08. The maximum Gasteiger partial charge on any atom is 0.163 e. The minimum atomic E-state index is 0.745. The van der Waals surface area contributed by atoms with Gasteiger partial charge in [0.1, 0.15) is 4.83 Å². The van der Waals surface area contributed by atoms with E-state index in [9.17, 15) is 0 Å². The number of hydrogen-bond donors (Lipinski definition) is 0. The molecular weight excluding hydrogens is 699 g/mol. The number of benzene rings is 7. The molecule has 5 heterocycles. The first-order chi connectivity index (χ1) is 25.2. The van der Waals surface area contributed by atoms with E-state index in [1.54, 1.807) is 11.3 Å². The molecule has 0 fully saturated rings. The van der Waals surface area contributed by atoms with Gasteiger partial charge in [0.25, 0.3) is 0 Å². The zero-order chi connectivity index (χ0) is 33.2. The largest absolute Gasteiger partial charge is 0.293 e. The summed E-state index contributed by atoms with van der Waals surface area (Å²) >= 11 is 7.28. The van der Waals surface area contributed by atoms with Crippen LogP contribution in [0.4, 0.5) is 0 Å². The number of rotatable bonds is 2. The SMILES string of the molecule is c1ccc2c(c1)Sc1ccc(-c3nc(-n4c5ccccc5c5cc6c(ccc7sc8ccccc8c76)cc54)c4c(n3)sc3ccccc34)cc1S2. The second-order valence-corrected chi connectivity index (χ2v) is 17.2. The zero-order valence-corrected chi connectivity index (χ0v) is 30.0. The molecule has 0 aliphatic carbocycles. The molecular formula is C44H23N3S4. The van der Waals surface area contributed by atoms with Crippen LogP contribution in [-0.2, 0) is 0 Å². The fourth-order valence-electron chi connectivity index (χ4n) is 7.80. The van der Waals surface area contributed by atoms with Crippen LogP contribution >= 0.6 is 46.2 Å². The second-order valence-electron chi connectivity index (χ2n) is 12.9. The van der Waals surface area contributed by atoms with Gasteiger partial charge in [0.15, 0.2) is 11.6 Å². The van der Waals surface area contributed by atoms with Crippen molar-refractivity contribution in [2.45, 2.75) is 19.6 Å². The summed E-state index contributed by atoms with van der Waals surface area (Å²) in [6, 6.07) is 50.9. The van der Waals surface area contributed by atoms with Gasteiger partial charge < -0.3 is 0 Å². The fraction of sp³-hybridized carbons (Fsp3) is 0. The number of aromatic nitrogens is 3. The summed E-state index contributed by atoms with van der Waals surface area (Å²) in [7, 11) is 0. The first kappa shape index (κ1) is 28.5. The number of para-hydroxylation sites is 1. The highest BCUT2D eigenvalue weighted by molar-refractivity contribution is 8.05. The van der Waals surface area contributed by atoms with E-state index in [0.717, 1.165) is 38.5 Å². The summed E-state index contributed by atoms with van der Waals surface area (Å²) in [4.78, 5) is 16.9. The Bertz CT molecular complexity index is 3280. The van der Waals surface area contributed by atoms with Gasteiger partial charge in [-0.05, 0) is 77.5 Å². The predicted molar refractivity (Wildman–Crippen MR) is 220 cm³/mol. The van der Waals surface area contributed by atoms with Crippen molar-refractivity contribution < 1.29 is 0 Å². The van der Waals surface area contributed by atoms with E-state index in [-0.39, 0.29) is 0 Å². The van der Waals surface area contributed by atoms with E-state index in [0.29, 0.717) is 0 Å². The van der Waals surface area contributed by atoms with Crippen LogP contribution in [0.2, 0.25) is 0 Å². The summed E-state index contributed by atoms with van der Waals surface area (Å²) in [5, 5.41) is 9.92. The fourth-order valence-corrected chi connectivity index (χ4v) is 12.2. The molecule has 12 rings (SSSR count). The molecule has 7 heteroatoms. The highest BCUT2D eigenvalue weighted by Crippen LogP contribution is 2.50. The van der Waals surface area contributed by atoms with Gasteiger partial charge in [0.2, 0.25) is 0 Å². The lowest BCUT2D eigenvalue weighted by Gasteiger charge is -2.18. The van der Waals surface area contributed by atoms with Crippen molar-refractivity contribution in [2.24, 2.45) is 0 Å². The summed E-state index contributed by atoms with van der Waals surface area (Å²) in [6.45, 7) is 0. The van der Waals surface area contributed by atoms with Crippen LogP contribution in [0.15, 0.2) is 159 Å². The Balaban J connectivity index is 1.16. The van der Waals surface area contributed by atoms with Gasteiger partial charge in [-0.15, -0.1) is 22.7 Å². The van der Waals surface area contributed by atoms with Crippen LogP contribution in [0, 0.1) is 0 Å². The maximum absolute atomic E-state index is 5.54. The van der Waals surface area contributed by atoms with E-state index >= 15 is 0 Å². The normalized spacial score (nSPS) is 12.9. The third-order valence-corrected chi connectivity index (χ3v) is 14.8. The minimum absolute atomic E-state index is 0.745. The highest BCUT2D eigenvalue weighted by atomic mass is 32.2. The summed E-state index contributed by atoms with van der Waals surface area (Å²) in [6.07, 6.45) is 0. The second kappa shape index (κ2) is 10.7. The Morgan fingerprint density at radius 3 is 1.96 bits per heavy atom. The number of fused-ring (bicyclic) bond motifs is 13. The number of thiophene rings is 2. The molecule has 3 nitrogen and oxygen atoms in total. The van der Waals surface area contributed by atoms with E-state index < -0.39 is 0 Å². The van der Waals surface area contributed by atoms with Crippen molar-refractivity contribution in [2.75, 3.05) is 0 Å². The Morgan fingerprint density at radius 1 is 0.431 bits per heavy atom. The smallest absolute Gasteiger partial charge is 0.163 e. The van der Waals surface area contributed by atoms with Gasteiger partial charge in [-0.1, -0.05) is 96.3 Å². The number of nitrogens with zero attached hydrogens (tertiary/aromatic N) is 3. The first-order valence-electron chi connectivity index (χ1n) is 16.8. The third kappa shape index (κ3) is 4.14. The van der Waals surface area contributed by atoms with Crippen molar-refractivity contribution in [3.63, 3.8) is 0 Å². The predicted octanol–water partition coefficient (Wildman–Crippen LogP) is 13.7. The van der Waals surface area contributed by atoms with Crippen molar-refractivity contribution in [3.8, 4) is 17.2 Å². The standard InChI is InChI=1S/C44H23N3S4/c1-4-12-31-26(9-1)30-23-29-24(17-20-38-40(29)27-10-2-5-13-33(27)48-38)21-32(30)47(31)43-41-28-11-3-6-14-34(28)51-44(41)46-42(45-43)25-18-19-37-39(22-25)50-36-16-8-7-15-35(36)49-37/h1-23H. The molecule has 0 saturated heterocycles. The lowest BCUT2D eigenvalue weighted by Crippen LogP contribution is -2.02. The van der Waals surface area contributed by atoms with Crippen molar-refractivity contribution >= 4 is 119 Å². The molecule has 1 aliphatic rings. The van der Waals surface area contributed by atoms with E-state index in [4.69, 9.17) is 9.97 Å². The molecule has 0 N–H and O–H groups in total. The number of hydrogen-bond acceptors (Lipinski definition) is 6. The van der Waals surface area contributed by atoms with Gasteiger partial charge in [-0.2, -0.15) is 0 Å². The molecule has 0 unspecified atom stereocenters. The van der Waals surface area contributed by atoms with Crippen LogP contribution < -0.4 is 0 Å².